The lowest BCUT2D eigenvalue weighted by atomic mass is 10.1. The molecule has 0 saturated heterocycles. The van der Waals surface area contributed by atoms with Crippen LogP contribution in [-0.4, -0.2) is 19.5 Å². The zero-order valence-electron chi connectivity index (χ0n) is 11.6. The molecule has 112 valence electrons. The third-order valence-electron chi connectivity index (χ3n) is 3.00. The van der Waals surface area contributed by atoms with Crippen molar-refractivity contribution in [2.75, 3.05) is 4.72 Å². The van der Waals surface area contributed by atoms with Gasteiger partial charge in [0.2, 0.25) is 0 Å². The summed E-state index contributed by atoms with van der Waals surface area (Å²) in [4.78, 5) is 11.1. The minimum Gasteiger partial charge on any atom is -0.477 e. The van der Waals surface area contributed by atoms with Crippen LogP contribution in [-0.2, 0) is 16.4 Å². The Morgan fingerprint density at radius 3 is 2.57 bits per heavy atom. The molecule has 0 spiro atoms. The van der Waals surface area contributed by atoms with Crippen molar-refractivity contribution in [1.29, 1.82) is 0 Å². The molecule has 1 heterocycles. The highest BCUT2D eigenvalue weighted by Crippen LogP contribution is 2.28. The lowest BCUT2D eigenvalue weighted by Gasteiger charge is -2.10. The van der Waals surface area contributed by atoms with E-state index in [9.17, 15) is 13.2 Å². The maximum Gasteiger partial charge on any atom is 0.346 e. The maximum absolute atomic E-state index is 12.4. The normalized spacial score (nSPS) is 11.3. The Morgan fingerprint density at radius 1 is 1.33 bits per heavy atom. The topological polar surface area (TPSA) is 83.5 Å². The van der Waals surface area contributed by atoms with Crippen LogP contribution in [0.5, 0.6) is 0 Å². The van der Waals surface area contributed by atoms with Crippen molar-refractivity contribution < 1.29 is 18.3 Å². The number of nitrogens with one attached hydrogen (secondary N) is 1. The Balaban J connectivity index is 2.39. The van der Waals surface area contributed by atoms with Gasteiger partial charge in [-0.2, -0.15) is 0 Å². The summed E-state index contributed by atoms with van der Waals surface area (Å²) in [6.45, 7) is 3.52. The molecule has 21 heavy (non-hydrogen) atoms. The molecule has 2 aromatic rings. The minimum atomic E-state index is -3.78. The molecule has 0 aliphatic rings. The van der Waals surface area contributed by atoms with Gasteiger partial charge in [0.25, 0.3) is 10.0 Å². The Hall–Kier alpha value is -1.86. The monoisotopic (exact) mass is 325 g/mol. The van der Waals surface area contributed by atoms with Gasteiger partial charge >= 0.3 is 5.97 Å². The van der Waals surface area contributed by atoms with Gasteiger partial charge in [-0.25, -0.2) is 13.2 Å². The van der Waals surface area contributed by atoms with Crippen LogP contribution in [0.2, 0.25) is 0 Å². The number of carbonyl (C=O) groups is 1. The fourth-order valence-electron chi connectivity index (χ4n) is 1.92. The molecule has 0 fully saturated rings. The van der Waals surface area contributed by atoms with Crippen LogP contribution in [0, 0.1) is 6.92 Å². The van der Waals surface area contributed by atoms with E-state index in [1.807, 2.05) is 19.1 Å². The number of aromatic carboxylic acids is 1. The van der Waals surface area contributed by atoms with Crippen LogP contribution in [0.3, 0.4) is 0 Å². The molecule has 1 aromatic heterocycles. The van der Waals surface area contributed by atoms with E-state index in [0.717, 1.165) is 16.9 Å². The smallest absolute Gasteiger partial charge is 0.346 e. The van der Waals surface area contributed by atoms with E-state index in [2.05, 4.69) is 4.72 Å². The first-order valence-corrected chi connectivity index (χ1v) is 8.59. The van der Waals surface area contributed by atoms with Crippen molar-refractivity contribution in [3.63, 3.8) is 0 Å². The van der Waals surface area contributed by atoms with Gasteiger partial charge in [0.15, 0.2) is 0 Å². The molecule has 2 rings (SSSR count). The number of para-hydroxylation sites is 1. The highest BCUT2D eigenvalue weighted by Gasteiger charge is 2.22. The molecule has 0 radical (unpaired) electrons. The molecular weight excluding hydrogens is 310 g/mol. The molecule has 0 aliphatic heterocycles. The molecule has 0 bridgehead atoms. The molecule has 0 amide bonds. The first-order valence-electron chi connectivity index (χ1n) is 6.29. The molecule has 7 heteroatoms. The minimum absolute atomic E-state index is 0.00306. The van der Waals surface area contributed by atoms with E-state index in [1.54, 1.807) is 19.1 Å². The number of hydrogen-bond acceptors (Lipinski definition) is 4. The van der Waals surface area contributed by atoms with Crippen molar-refractivity contribution >= 4 is 33.0 Å². The van der Waals surface area contributed by atoms with E-state index >= 15 is 0 Å². The van der Waals surface area contributed by atoms with Gasteiger partial charge in [0.05, 0.1) is 5.69 Å². The third kappa shape index (κ3) is 3.25. The highest BCUT2D eigenvalue weighted by atomic mass is 32.2. The summed E-state index contributed by atoms with van der Waals surface area (Å²) in [5.41, 5.74) is 1.84. The third-order valence-corrected chi connectivity index (χ3v) is 6.06. The second kappa shape index (κ2) is 5.87. The van der Waals surface area contributed by atoms with Crippen LogP contribution in [0.1, 0.15) is 27.7 Å². The van der Waals surface area contributed by atoms with Crippen molar-refractivity contribution in [1.82, 2.24) is 0 Å². The zero-order valence-corrected chi connectivity index (χ0v) is 13.2. The first kappa shape index (κ1) is 15.5. The number of anilines is 1. The predicted molar refractivity (Wildman–Crippen MR) is 82.6 cm³/mol. The maximum atomic E-state index is 12.4. The van der Waals surface area contributed by atoms with Gasteiger partial charge in [0.1, 0.15) is 9.09 Å². The van der Waals surface area contributed by atoms with Crippen molar-refractivity contribution in [3.8, 4) is 0 Å². The van der Waals surface area contributed by atoms with Crippen LogP contribution in [0.4, 0.5) is 5.69 Å². The summed E-state index contributed by atoms with van der Waals surface area (Å²) in [7, 11) is -3.78. The molecule has 5 nitrogen and oxygen atoms in total. The average Bonchev–Trinajstić information content (AvgIpc) is 2.82. The largest absolute Gasteiger partial charge is 0.477 e. The number of carboxylic acid groups (broad SMARTS) is 1. The van der Waals surface area contributed by atoms with E-state index in [-0.39, 0.29) is 9.09 Å². The average molecular weight is 325 g/mol. The quantitative estimate of drug-likeness (QED) is 0.884. The summed E-state index contributed by atoms with van der Waals surface area (Å²) >= 11 is 0.757. The fourth-order valence-corrected chi connectivity index (χ4v) is 4.40. The van der Waals surface area contributed by atoms with E-state index in [1.165, 1.54) is 6.07 Å². The number of thiophene rings is 1. The fraction of sp³-hybridized carbons (Fsp3) is 0.214. The summed E-state index contributed by atoms with van der Waals surface area (Å²) in [6, 6.07) is 8.51. The van der Waals surface area contributed by atoms with Crippen LogP contribution >= 0.6 is 11.3 Å². The Labute approximate surface area is 127 Å². The standard InChI is InChI=1S/C14H15NO4S2/c1-3-10-6-4-5-7-11(10)15-21(18,19)12-8-9(2)13(20-12)14(16)17/h4-8,15H,3H2,1-2H3,(H,16,17). The highest BCUT2D eigenvalue weighted by molar-refractivity contribution is 7.94. The number of carboxylic acids is 1. The van der Waals surface area contributed by atoms with Crippen LogP contribution in [0.25, 0.3) is 0 Å². The second-order valence-corrected chi connectivity index (χ2v) is 7.46. The predicted octanol–water partition coefficient (Wildman–Crippen LogP) is 3.12. The first-order chi connectivity index (χ1) is 9.85. The van der Waals surface area contributed by atoms with E-state index in [4.69, 9.17) is 5.11 Å². The Kier molecular flexibility index (Phi) is 4.34. The Morgan fingerprint density at radius 2 is 2.00 bits per heavy atom. The summed E-state index contributed by atoms with van der Waals surface area (Å²) in [6.07, 6.45) is 0.697. The molecule has 0 atom stereocenters. The number of benzene rings is 1. The number of rotatable bonds is 5. The Bertz CT molecular complexity index is 778. The van der Waals surface area contributed by atoms with Gasteiger partial charge < -0.3 is 5.11 Å². The van der Waals surface area contributed by atoms with Crippen molar-refractivity contribution in [3.05, 3.63) is 46.3 Å². The second-order valence-electron chi connectivity index (χ2n) is 4.50. The van der Waals surface area contributed by atoms with Crippen molar-refractivity contribution in [2.45, 2.75) is 24.5 Å². The van der Waals surface area contributed by atoms with Gasteiger partial charge in [-0.3, -0.25) is 4.72 Å². The number of sulfonamides is 1. The van der Waals surface area contributed by atoms with E-state index < -0.39 is 16.0 Å². The molecule has 2 N–H and O–H groups in total. The molecule has 1 aromatic carbocycles. The van der Waals surface area contributed by atoms with Crippen LogP contribution in [0.15, 0.2) is 34.5 Å². The van der Waals surface area contributed by atoms with Crippen molar-refractivity contribution in [2.24, 2.45) is 0 Å². The molecule has 0 aliphatic carbocycles. The molecule has 0 unspecified atom stereocenters. The summed E-state index contributed by atoms with van der Waals surface area (Å²) in [5, 5.41) is 9.01. The summed E-state index contributed by atoms with van der Waals surface area (Å²) < 4.78 is 27.3. The van der Waals surface area contributed by atoms with Gasteiger partial charge in [-0.05, 0) is 36.6 Å². The van der Waals surface area contributed by atoms with Gasteiger partial charge in [0, 0.05) is 0 Å². The lowest BCUT2D eigenvalue weighted by molar-refractivity contribution is 0.0701. The number of hydrogen-bond donors (Lipinski definition) is 2. The summed E-state index contributed by atoms with van der Waals surface area (Å²) in [5.74, 6) is -1.12. The SMILES string of the molecule is CCc1ccccc1NS(=O)(=O)c1cc(C)c(C(=O)O)s1. The van der Waals surface area contributed by atoms with Gasteiger partial charge in [-0.1, -0.05) is 25.1 Å². The number of aryl methyl sites for hydroxylation is 2. The lowest BCUT2D eigenvalue weighted by Crippen LogP contribution is -2.12. The van der Waals surface area contributed by atoms with E-state index in [0.29, 0.717) is 17.7 Å². The van der Waals surface area contributed by atoms with Crippen LogP contribution < -0.4 is 4.72 Å². The van der Waals surface area contributed by atoms with Gasteiger partial charge in [-0.15, -0.1) is 11.3 Å². The molecular formula is C14H15NO4S2. The zero-order chi connectivity index (χ0) is 15.6. The molecule has 0 saturated carbocycles.